The summed E-state index contributed by atoms with van der Waals surface area (Å²) in [5, 5.41) is 15.3. The topological polar surface area (TPSA) is 59.8 Å². The molecule has 0 saturated carbocycles. The first-order valence-electron chi connectivity index (χ1n) is 11.9. The van der Waals surface area contributed by atoms with Gasteiger partial charge in [0.2, 0.25) is 5.88 Å². The summed E-state index contributed by atoms with van der Waals surface area (Å²) in [6, 6.07) is 16.0. The van der Waals surface area contributed by atoms with Gasteiger partial charge in [0, 0.05) is 38.4 Å². The Kier molecular flexibility index (Phi) is 9.62. The first-order valence-corrected chi connectivity index (χ1v) is 11.9. The molecule has 0 saturated heterocycles. The fraction of sp³-hybridized carbons (Fsp3) is 0.444. The average molecular weight is 470 g/mol. The van der Waals surface area contributed by atoms with Crippen LogP contribution in [0.2, 0.25) is 0 Å². The van der Waals surface area contributed by atoms with Crippen molar-refractivity contribution in [2.75, 3.05) is 26.3 Å². The quantitative estimate of drug-likeness (QED) is 0.370. The Hall–Kier alpha value is -2.74. The van der Waals surface area contributed by atoms with Gasteiger partial charge < -0.3 is 14.6 Å². The number of nitrogens with zero attached hydrogens (tertiary/aromatic N) is 3. The molecular formula is C27H36FN3O3. The van der Waals surface area contributed by atoms with E-state index < -0.39 is 6.10 Å². The molecule has 1 N–H and O–H groups in total. The van der Waals surface area contributed by atoms with E-state index in [1.165, 1.54) is 12.1 Å². The van der Waals surface area contributed by atoms with Crippen LogP contribution < -0.4 is 4.74 Å². The van der Waals surface area contributed by atoms with Gasteiger partial charge in [-0.2, -0.15) is 5.10 Å². The fourth-order valence-electron chi connectivity index (χ4n) is 3.86. The number of aromatic nitrogens is 2. The molecule has 7 heteroatoms. The van der Waals surface area contributed by atoms with Crippen LogP contribution in [0, 0.1) is 11.7 Å². The Labute approximate surface area is 201 Å². The van der Waals surface area contributed by atoms with Crippen LogP contribution in [0.5, 0.6) is 11.6 Å². The van der Waals surface area contributed by atoms with Crippen molar-refractivity contribution in [2.45, 2.75) is 39.8 Å². The maximum Gasteiger partial charge on any atom is 0.222 e. The Morgan fingerprint density at radius 2 is 1.85 bits per heavy atom. The van der Waals surface area contributed by atoms with Crippen molar-refractivity contribution >= 4 is 0 Å². The second kappa shape index (κ2) is 12.6. The number of halogens is 1. The number of rotatable bonds is 13. The second-order valence-corrected chi connectivity index (χ2v) is 9.00. The molecule has 1 atom stereocenters. The van der Waals surface area contributed by atoms with E-state index in [2.05, 4.69) is 25.7 Å². The molecule has 0 spiro atoms. The molecule has 3 aromatic rings. The molecule has 184 valence electrons. The van der Waals surface area contributed by atoms with Crippen LogP contribution in [0.3, 0.4) is 0 Å². The maximum absolute atomic E-state index is 13.8. The fourth-order valence-corrected chi connectivity index (χ4v) is 3.86. The van der Waals surface area contributed by atoms with Gasteiger partial charge in [0.25, 0.3) is 0 Å². The van der Waals surface area contributed by atoms with Crippen LogP contribution in [0.1, 0.15) is 32.8 Å². The third kappa shape index (κ3) is 7.38. The molecule has 3 rings (SSSR count). The van der Waals surface area contributed by atoms with Gasteiger partial charge >= 0.3 is 0 Å². The molecule has 1 unspecified atom stereocenters. The first-order chi connectivity index (χ1) is 16.4. The lowest BCUT2D eigenvalue weighted by Crippen LogP contribution is -2.35. The van der Waals surface area contributed by atoms with Gasteiger partial charge in [-0.25, -0.2) is 9.07 Å². The van der Waals surface area contributed by atoms with E-state index in [1.807, 2.05) is 37.4 Å². The average Bonchev–Trinajstić information content (AvgIpc) is 3.09. The minimum absolute atomic E-state index is 0.295. The van der Waals surface area contributed by atoms with E-state index in [0.29, 0.717) is 43.9 Å². The van der Waals surface area contributed by atoms with Crippen molar-refractivity contribution in [1.29, 1.82) is 0 Å². The van der Waals surface area contributed by atoms with Crippen molar-refractivity contribution < 1.29 is 19.0 Å². The highest BCUT2D eigenvalue weighted by atomic mass is 19.1. The van der Waals surface area contributed by atoms with Crippen LogP contribution in [0.25, 0.3) is 11.3 Å². The summed E-state index contributed by atoms with van der Waals surface area (Å²) in [5.41, 5.74) is 2.67. The number of aliphatic hydroxyl groups excluding tert-OH is 1. The van der Waals surface area contributed by atoms with Gasteiger partial charge in [0.1, 0.15) is 17.3 Å². The summed E-state index contributed by atoms with van der Waals surface area (Å²) in [6.45, 7) is 8.99. The summed E-state index contributed by atoms with van der Waals surface area (Å²) < 4.78 is 27.3. The van der Waals surface area contributed by atoms with Gasteiger partial charge in [-0.3, -0.25) is 4.90 Å². The molecule has 1 aromatic heterocycles. The zero-order valence-electron chi connectivity index (χ0n) is 20.6. The molecular weight excluding hydrogens is 433 g/mol. The van der Waals surface area contributed by atoms with E-state index in [0.717, 1.165) is 29.8 Å². The molecule has 1 heterocycles. The van der Waals surface area contributed by atoms with Crippen LogP contribution in [-0.2, 0) is 18.3 Å². The predicted octanol–water partition coefficient (Wildman–Crippen LogP) is 5.26. The van der Waals surface area contributed by atoms with E-state index in [4.69, 9.17) is 14.6 Å². The number of ether oxygens (including phenoxy) is 2. The van der Waals surface area contributed by atoms with Crippen molar-refractivity contribution in [3.8, 4) is 22.9 Å². The maximum atomic E-state index is 13.8. The van der Waals surface area contributed by atoms with E-state index >= 15 is 0 Å². The lowest BCUT2D eigenvalue weighted by Gasteiger charge is -2.25. The zero-order chi connectivity index (χ0) is 24.5. The number of aliphatic hydroxyl groups is 1. The first kappa shape index (κ1) is 25.9. The normalized spacial score (nSPS) is 12.5. The van der Waals surface area contributed by atoms with Crippen molar-refractivity contribution in [3.05, 3.63) is 66.0 Å². The SMILES string of the molecule is CCCN(Cc1c(-c2ccccc2)nn(C)c1Oc1cccc(F)c1)CC(O)COCC(C)C. The van der Waals surface area contributed by atoms with Gasteiger partial charge in [-0.05, 0) is 31.0 Å². The van der Waals surface area contributed by atoms with E-state index in [-0.39, 0.29) is 5.82 Å². The number of hydrogen-bond donors (Lipinski definition) is 1. The van der Waals surface area contributed by atoms with Crippen LogP contribution in [0.4, 0.5) is 4.39 Å². The smallest absolute Gasteiger partial charge is 0.222 e. The van der Waals surface area contributed by atoms with Crippen molar-refractivity contribution in [3.63, 3.8) is 0 Å². The molecule has 0 fully saturated rings. The Balaban J connectivity index is 1.89. The molecule has 0 aliphatic heterocycles. The highest BCUT2D eigenvalue weighted by molar-refractivity contribution is 5.65. The largest absolute Gasteiger partial charge is 0.439 e. The minimum atomic E-state index is -0.602. The van der Waals surface area contributed by atoms with Crippen LogP contribution >= 0.6 is 0 Å². The third-order valence-electron chi connectivity index (χ3n) is 5.30. The predicted molar refractivity (Wildman–Crippen MR) is 132 cm³/mol. The molecule has 0 aliphatic rings. The summed E-state index contributed by atoms with van der Waals surface area (Å²) in [6.07, 6.45) is 0.329. The van der Waals surface area contributed by atoms with Crippen molar-refractivity contribution in [1.82, 2.24) is 14.7 Å². The summed E-state index contributed by atoms with van der Waals surface area (Å²) in [7, 11) is 1.82. The molecule has 0 aliphatic carbocycles. The number of hydrogen-bond acceptors (Lipinski definition) is 5. The van der Waals surface area contributed by atoms with Gasteiger partial charge in [-0.15, -0.1) is 0 Å². The summed E-state index contributed by atoms with van der Waals surface area (Å²) in [5.74, 6) is 1.02. The molecule has 0 amide bonds. The zero-order valence-corrected chi connectivity index (χ0v) is 20.6. The molecule has 34 heavy (non-hydrogen) atoms. The Bertz CT molecular complexity index is 1020. The molecule has 0 radical (unpaired) electrons. The van der Waals surface area contributed by atoms with Gasteiger partial charge in [0.05, 0.1) is 18.3 Å². The summed E-state index contributed by atoms with van der Waals surface area (Å²) >= 11 is 0. The molecule has 2 aromatic carbocycles. The van der Waals surface area contributed by atoms with Gasteiger partial charge in [-0.1, -0.05) is 57.2 Å². The lowest BCUT2D eigenvalue weighted by atomic mass is 10.1. The highest BCUT2D eigenvalue weighted by Gasteiger charge is 2.23. The van der Waals surface area contributed by atoms with Crippen molar-refractivity contribution in [2.24, 2.45) is 13.0 Å². The Morgan fingerprint density at radius 1 is 1.09 bits per heavy atom. The standard InChI is InChI=1S/C27H36FN3O3/c1-5-14-31(16-23(32)19-33-18-20(2)3)17-25-26(21-10-7-6-8-11-21)29-30(4)27(25)34-24-13-9-12-22(28)15-24/h6-13,15,20,23,32H,5,14,16-19H2,1-4H3. The third-order valence-corrected chi connectivity index (χ3v) is 5.30. The van der Waals surface area contributed by atoms with E-state index in [9.17, 15) is 9.50 Å². The highest BCUT2D eigenvalue weighted by Crippen LogP contribution is 2.34. The lowest BCUT2D eigenvalue weighted by molar-refractivity contribution is 0.00685. The van der Waals surface area contributed by atoms with E-state index in [1.54, 1.807) is 16.8 Å². The number of aryl methyl sites for hydroxylation is 1. The van der Waals surface area contributed by atoms with Crippen LogP contribution in [0.15, 0.2) is 54.6 Å². The van der Waals surface area contributed by atoms with Gasteiger partial charge in [0.15, 0.2) is 0 Å². The molecule has 0 bridgehead atoms. The molecule has 6 nitrogen and oxygen atoms in total. The second-order valence-electron chi connectivity index (χ2n) is 9.00. The monoisotopic (exact) mass is 469 g/mol. The minimum Gasteiger partial charge on any atom is -0.439 e. The Morgan fingerprint density at radius 3 is 2.53 bits per heavy atom. The van der Waals surface area contributed by atoms with Crippen LogP contribution in [-0.4, -0.2) is 52.2 Å². The number of benzene rings is 2. The summed E-state index contributed by atoms with van der Waals surface area (Å²) in [4.78, 5) is 2.19.